The van der Waals surface area contributed by atoms with Crippen molar-refractivity contribution in [2.45, 2.75) is 25.0 Å². The molecule has 0 aromatic carbocycles. The second-order valence-corrected chi connectivity index (χ2v) is 4.28. The van der Waals surface area contributed by atoms with Crippen LogP contribution in [0.4, 0.5) is 0 Å². The summed E-state index contributed by atoms with van der Waals surface area (Å²) in [5.74, 6) is -1.96. The van der Waals surface area contributed by atoms with E-state index in [0.29, 0.717) is 0 Å². The van der Waals surface area contributed by atoms with Gasteiger partial charge in [0.05, 0.1) is 26.4 Å². The number of hydrogen-bond donors (Lipinski definition) is 10. The predicted molar refractivity (Wildman–Crippen MR) is 99.4 cm³/mol. The predicted octanol–water partition coefficient (Wildman–Crippen LogP) is -3.07. The van der Waals surface area contributed by atoms with Crippen LogP contribution in [-0.2, 0) is 9.59 Å². The van der Waals surface area contributed by atoms with Crippen molar-refractivity contribution in [3.8, 4) is 0 Å². The minimum absolute atomic E-state index is 0.195. The van der Waals surface area contributed by atoms with E-state index in [1.54, 1.807) is 0 Å². The summed E-state index contributed by atoms with van der Waals surface area (Å²) in [6, 6.07) is 0. The van der Waals surface area contributed by atoms with E-state index in [0.717, 1.165) is 25.0 Å². The highest BCUT2D eigenvalue weighted by atomic mass is 16.4. The molecule has 0 radical (unpaired) electrons. The number of carboxylic acids is 2. The minimum atomic E-state index is -0.981. The van der Waals surface area contributed by atoms with Gasteiger partial charge in [0, 0.05) is 25.4 Å². The summed E-state index contributed by atoms with van der Waals surface area (Å²) >= 11 is 0. The zero-order chi connectivity index (χ0) is 23.4. The average Bonchev–Trinajstić information content (AvgIpc) is 2.72. The Hall–Kier alpha value is -1.90. The molecule has 0 unspecified atom stereocenters. The van der Waals surface area contributed by atoms with Crippen molar-refractivity contribution in [1.82, 2.24) is 0 Å². The molecule has 0 aliphatic rings. The first kappa shape index (κ1) is 36.9. The minimum Gasteiger partial charge on any atom is -0.478 e. The Labute approximate surface area is 163 Å². The van der Waals surface area contributed by atoms with Crippen LogP contribution in [0.15, 0.2) is 25.3 Å². The van der Waals surface area contributed by atoms with Gasteiger partial charge in [-0.1, -0.05) is 13.2 Å². The fourth-order valence-corrected chi connectivity index (χ4v) is 0.339. The maximum absolute atomic E-state index is 9.25. The molecular weight excluding hydrogens is 384 g/mol. The van der Waals surface area contributed by atoms with Gasteiger partial charge in [-0.25, -0.2) is 9.59 Å². The Balaban J connectivity index is -0.0000000789. The topological polar surface area (TPSA) is 236 Å². The summed E-state index contributed by atoms with van der Waals surface area (Å²) in [6.07, 6.45) is 1.20. The van der Waals surface area contributed by atoms with Gasteiger partial charge >= 0.3 is 11.9 Å². The van der Waals surface area contributed by atoms with E-state index in [2.05, 4.69) is 13.2 Å². The Kier molecular flexibility index (Phi) is 47.6. The molecule has 0 aromatic rings. The summed E-state index contributed by atoms with van der Waals surface area (Å²) in [4.78, 5) is 18.5. The molecule has 0 spiro atoms. The first-order chi connectivity index (χ1) is 13.1. The number of unbranched alkanes of at least 4 members (excludes halogenated alkanes) is 1. The van der Waals surface area contributed by atoms with Gasteiger partial charge in [-0.15, -0.1) is 0 Å². The van der Waals surface area contributed by atoms with Crippen molar-refractivity contribution in [2.24, 2.45) is 0 Å². The van der Waals surface area contributed by atoms with Crippen LogP contribution in [0.1, 0.15) is 12.8 Å². The van der Waals surface area contributed by atoms with E-state index < -0.39 is 24.1 Å². The molecule has 0 fully saturated rings. The van der Waals surface area contributed by atoms with E-state index in [4.69, 9.17) is 51.1 Å². The molecule has 28 heavy (non-hydrogen) atoms. The van der Waals surface area contributed by atoms with Crippen LogP contribution >= 0.6 is 0 Å². The largest absolute Gasteiger partial charge is 0.478 e. The molecule has 0 aromatic heterocycles. The molecule has 10 N–H and O–H groups in total. The van der Waals surface area contributed by atoms with E-state index in [-0.39, 0.29) is 39.6 Å². The molecule has 0 saturated heterocycles. The van der Waals surface area contributed by atoms with Crippen LogP contribution in [0.3, 0.4) is 0 Å². The number of aliphatic hydroxyl groups is 8. The van der Waals surface area contributed by atoms with Crippen molar-refractivity contribution < 1.29 is 60.7 Å². The van der Waals surface area contributed by atoms with Crippen LogP contribution in [0.25, 0.3) is 0 Å². The molecule has 0 heterocycles. The van der Waals surface area contributed by atoms with Gasteiger partial charge in [-0.2, -0.15) is 0 Å². The van der Waals surface area contributed by atoms with Crippen molar-refractivity contribution in [1.29, 1.82) is 0 Å². The third-order valence-corrected chi connectivity index (χ3v) is 1.76. The van der Waals surface area contributed by atoms with Crippen LogP contribution < -0.4 is 0 Å². The zero-order valence-corrected chi connectivity index (χ0v) is 15.7. The third-order valence-electron chi connectivity index (χ3n) is 1.76. The smallest absolute Gasteiger partial charge is 0.327 e. The normalized spacial score (nSPS) is 8.50. The van der Waals surface area contributed by atoms with Crippen LogP contribution in [-0.4, -0.2) is 115 Å². The molecule has 0 aliphatic carbocycles. The van der Waals surface area contributed by atoms with Crippen molar-refractivity contribution in [2.75, 3.05) is 39.6 Å². The summed E-state index contributed by atoms with van der Waals surface area (Å²) in [5, 5.41) is 79.4. The van der Waals surface area contributed by atoms with Crippen LogP contribution in [0, 0.1) is 0 Å². The average molecular weight is 418 g/mol. The molecule has 0 rings (SSSR count). The summed E-state index contributed by atoms with van der Waals surface area (Å²) in [7, 11) is 0. The zero-order valence-electron chi connectivity index (χ0n) is 15.7. The Morgan fingerprint density at radius 1 is 0.643 bits per heavy atom. The first-order valence-electron chi connectivity index (χ1n) is 7.80. The van der Waals surface area contributed by atoms with Gasteiger partial charge < -0.3 is 51.1 Å². The molecule has 0 amide bonds. The number of aliphatic carboxylic acids is 2. The van der Waals surface area contributed by atoms with E-state index in [9.17, 15) is 9.59 Å². The number of carbonyl (C=O) groups is 2. The van der Waals surface area contributed by atoms with Gasteiger partial charge in [0.2, 0.25) is 0 Å². The fourth-order valence-electron chi connectivity index (χ4n) is 0.339. The first-order valence-corrected chi connectivity index (χ1v) is 7.80. The quantitative estimate of drug-likeness (QED) is 0.133. The number of rotatable bonds is 9. The molecule has 170 valence electrons. The van der Waals surface area contributed by atoms with Crippen molar-refractivity contribution in [3.05, 3.63) is 25.3 Å². The van der Waals surface area contributed by atoms with Crippen LogP contribution in [0.5, 0.6) is 0 Å². The number of aliphatic hydroxyl groups excluding tert-OH is 8. The van der Waals surface area contributed by atoms with Crippen molar-refractivity contribution >= 4 is 11.9 Å². The van der Waals surface area contributed by atoms with Gasteiger partial charge in [-0.3, -0.25) is 0 Å². The molecule has 0 aliphatic heterocycles. The maximum Gasteiger partial charge on any atom is 0.327 e. The lowest BCUT2D eigenvalue weighted by Crippen LogP contribution is -2.15. The van der Waals surface area contributed by atoms with E-state index in [1.165, 1.54) is 0 Å². The van der Waals surface area contributed by atoms with Crippen molar-refractivity contribution in [3.63, 3.8) is 0 Å². The summed E-state index contributed by atoms with van der Waals surface area (Å²) in [6.45, 7) is 4.85. The highest BCUT2D eigenvalue weighted by Crippen LogP contribution is 1.80. The molecule has 0 atom stereocenters. The monoisotopic (exact) mass is 418 g/mol. The molecular formula is C16H34O12. The molecule has 12 heteroatoms. The number of carboxylic acid groups (broad SMARTS) is 2. The third kappa shape index (κ3) is 74.9. The second-order valence-electron chi connectivity index (χ2n) is 4.28. The lowest BCUT2D eigenvalue weighted by molar-refractivity contribution is -0.132. The maximum atomic E-state index is 9.25. The Bertz CT molecular complexity index is 296. The standard InChI is InChI=1S/C4H10O2.2C3H8O3.2C3H4O2/c5-3-1-2-4-6;2*4-1-3(6)2-5;2*1-2-3(4)5/h5-6H,1-4H2;2*3-6H,1-2H2;2*2H,1H2,(H,4,5). The lowest BCUT2D eigenvalue weighted by atomic mass is 10.3. The van der Waals surface area contributed by atoms with Gasteiger partial charge in [0.1, 0.15) is 12.2 Å². The Morgan fingerprint density at radius 2 is 0.821 bits per heavy atom. The van der Waals surface area contributed by atoms with Gasteiger partial charge in [-0.05, 0) is 12.8 Å². The summed E-state index contributed by atoms with van der Waals surface area (Å²) in [5.41, 5.74) is 0. The lowest BCUT2D eigenvalue weighted by Gasteiger charge is -1.96. The Morgan fingerprint density at radius 3 is 0.857 bits per heavy atom. The second kappa shape index (κ2) is 36.1. The molecule has 0 saturated carbocycles. The molecule has 12 nitrogen and oxygen atoms in total. The highest BCUT2D eigenvalue weighted by molar-refractivity contribution is 5.79. The fraction of sp³-hybridized carbons (Fsp3) is 0.625. The van der Waals surface area contributed by atoms with Gasteiger partial charge in [0.15, 0.2) is 0 Å². The highest BCUT2D eigenvalue weighted by Gasteiger charge is 1.94. The van der Waals surface area contributed by atoms with Gasteiger partial charge in [0.25, 0.3) is 0 Å². The summed E-state index contributed by atoms with van der Waals surface area (Å²) < 4.78 is 0. The van der Waals surface area contributed by atoms with Crippen LogP contribution in [0.2, 0.25) is 0 Å². The van der Waals surface area contributed by atoms with E-state index in [1.807, 2.05) is 0 Å². The molecule has 0 bridgehead atoms. The number of hydrogen-bond acceptors (Lipinski definition) is 10. The van der Waals surface area contributed by atoms with E-state index >= 15 is 0 Å². The SMILES string of the molecule is C=CC(=O)O.C=CC(=O)O.OCC(O)CO.OCC(O)CO.OCCCCO.